The van der Waals surface area contributed by atoms with Crippen molar-refractivity contribution in [2.75, 3.05) is 12.4 Å². The van der Waals surface area contributed by atoms with E-state index in [0.717, 1.165) is 10.5 Å². The van der Waals surface area contributed by atoms with Crippen LogP contribution in [0.2, 0.25) is 0 Å². The Hall–Kier alpha value is -2.27. The molecule has 5 heteroatoms. The number of aryl methyl sites for hydroxylation is 2. The maximum Gasteiger partial charge on any atom is 0.316 e. The zero-order valence-electron chi connectivity index (χ0n) is 14.7. The predicted molar refractivity (Wildman–Crippen MR) is 101 cm³/mol. The number of rotatable bonds is 7. The summed E-state index contributed by atoms with van der Waals surface area (Å²) in [6, 6.07) is 15.6. The number of hydrogen-bond acceptors (Lipinski definition) is 4. The topological polar surface area (TPSA) is 55.4 Å². The number of thioether (sulfide) groups is 1. The Labute approximate surface area is 153 Å². The second-order valence-electron chi connectivity index (χ2n) is 5.90. The number of carbonyl (C=O) groups is 2. The van der Waals surface area contributed by atoms with Crippen molar-refractivity contribution in [3.8, 4) is 0 Å². The Morgan fingerprint density at radius 2 is 1.80 bits per heavy atom. The summed E-state index contributed by atoms with van der Waals surface area (Å²) in [5.74, 6) is -0.518. The van der Waals surface area contributed by atoms with E-state index in [1.165, 1.54) is 22.9 Å². The summed E-state index contributed by atoms with van der Waals surface area (Å²) in [6.45, 7) is 5.72. The molecule has 0 spiro atoms. The normalized spacial score (nSPS) is 11.6. The predicted octanol–water partition coefficient (Wildman–Crippen LogP) is 3.82. The van der Waals surface area contributed by atoms with Crippen LogP contribution in [0.1, 0.15) is 29.7 Å². The lowest BCUT2D eigenvalue weighted by atomic mass is 10.1. The zero-order chi connectivity index (χ0) is 18.2. The molecule has 0 aliphatic carbocycles. The fourth-order valence-electron chi connectivity index (χ4n) is 2.24. The molecule has 0 aliphatic heterocycles. The summed E-state index contributed by atoms with van der Waals surface area (Å²) >= 11 is 1.41. The standard InChI is InChI=1S/C20H23NO3S/c1-14-9-10-18(11-15(14)2)25-13-20(23)24-12-19(22)21-16(3)17-7-5-4-6-8-17/h4-11,16H,12-13H2,1-3H3,(H,21,22)/t16-/m0/s1. The van der Waals surface area contributed by atoms with Gasteiger partial charge in [-0.15, -0.1) is 11.8 Å². The number of hydrogen-bond donors (Lipinski definition) is 1. The van der Waals surface area contributed by atoms with E-state index in [1.54, 1.807) is 0 Å². The van der Waals surface area contributed by atoms with Gasteiger partial charge in [0.2, 0.25) is 0 Å². The molecule has 0 bridgehead atoms. The SMILES string of the molecule is Cc1ccc(SCC(=O)OCC(=O)N[C@@H](C)c2ccccc2)cc1C. The van der Waals surface area contributed by atoms with Gasteiger partial charge in [-0.2, -0.15) is 0 Å². The van der Waals surface area contributed by atoms with E-state index in [1.807, 2.05) is 69.3 Å². The van der Waals surface area contributed by atoms with Gasteiger partial charge in [0.05, 0.1) is 11.8 Å². The number of amides is 1. The monoisotopic (exact) mass is 357 g/mol. The van der Waals surface area contributed by atoms with Crippen molar-refractivity contribution in [3.63, 3.8) is 0 Å². The molecule has 0 fully saturated rings. The number of ether oxygens (including phenoxy) is 1. The van der Waals surface area contributed by atoms with Gasteiger partial charge in [0.1, 0.15) is 0 Å². The first-order chi connectivity index (χ1) is 12.0. The minimum absolute atomic E-state index is 0.127. The van der Waals surface area contributed by atoms with Gasteiger partial charge in [-0.25, -0.2) is 0 Å². The highest BCUT2D eigenvalue weighted by molar-refractivity contribution is 8.00. The van der Waals surface area contributed by atoms with Gasteiger partial charge in [-0.05, 0) is 49.6 Å². The highest BCUT2D eigenvalue weighted by atomic mass is 32.2. The van der Waals surface area contributed by atoms with E-state index in [9.17, 15) is 9.59 Å². The van der Waals surface area contributed by atoms with Crippen LogP contribution in [0, 0.1) is 13.8 Å². The fraction of sp³-hybridized carbons (Fsp3) is 0.300. The van der Waals surface area contributed by atoms with Crippen LogP contribution in [-0.4, -0.2) is 24.2 Å². The van der Waals surface area contributed by atoms with Crippen LogP contribution in [-0.2, 0) is 14.3 Å². The first-order valence-corrected chi connectivity index (χ1v) is 9.14. The summed E-state index contributed by atoms with van der Waals surface area (Å²) in [6.07, 6.45) is 0. The van der Waals surface area contributed by atoms with Crippen LogP contribution < -0.4 is 5.32 Å². The lowest BCUT2D eigenvalue weighted by Gasteiger charge is -2.14. The first kappa shape index (κ1) is 19.1. The van der Waals surface area contributed by atoms with Crippen molar-refractivity contribution in [3.05, 3.63) is 65.2 Å². The van der Waals surface area contributed by atoms with Crippen LogP contribution in [0.15, 0.2) is 53.4 Å². The van der Waals surface area contributed by atoms with Crippen molar-refractivity contribution in [1.29, 1.82) is 0 Å². The van der Waals surface area contributed by atoms with Crippen molar-refractivity contribution in [2.45, 2.75) is 31.7 Å². The van der Waals surface area contributed by atoms with Crippen LogP contribution in [0.4, 0.5) is 0 Å². The van der Waals surface area contributed by atoms with Gasteiger partial charge in [0, 0.05) is 4.90 Å². The Morgan fingerprint density at radius 1 is 1.08 bits per heavy atom. The smallest absolute Gasteiger partial charge is 0.316 e. The van der Waals surface area contributed by atoms with E-state index in [-0.39, 0.29) is 24.3 Å². The largest absolute Gasteiger partial charge is 0.455 e. The van der Waals surface area contributed by atoms with E-state index in [4.69, 9.17) is 4.74 Å². The number of carbonyl (C=O) groups excluding carboxylic acids is 2. The van der Waals surface area contributed by atoms with Crippen molar-refractivity contribution < 1.29 is 14.3 Å². The number of esters is 1. The van der Waals surface area contributed by atoms with Gasteiger partial charge < -0.3 is 10.1 Å². The average Bonchev–Trinajstić information content (AvgIpc) is 2.61. The highest BCUT2D eigenvalue weighted by Crippen LogP contribution is 2.21. The molecule has 25 heavy (non-hydrogen) atoms. The Balaban J connectivity index is 1.72. The van der Waals surface area contributed by atoms with Crippen LogP contribution in [0.3, 0.4) is 0 Å². The third kappa shape index (κ3) is 6.27. The summed E-state index contributed by atoms with van der Waals surface area (Å²) in [4.78, 5) is 24.7. The van der Waals surface area contributed by atoms with Gasteiger partial charge >= 0.3 is 5.97 Å². The van der Waals surface area contributed by atoms with Gasteiger partial charge in [0.15, 0.2) is 6.61 Å². The minimum Gasteiger partial charge on any atom is -0.455 e. The molecule has 0 aromatic heterocycles. The lowest BCUT2D eigenvalue weighted by Crippen LogP contribution is -2.31. The maximum atomic E-state index is 11.9. The Morgan fingerprint density at radius 3 is 2.48 bits per heavy atom. The molecule has 2 rings (SSSR count). The summed E-state index contributed by atoms with van der Waals surface area (Å²) in [5, 5.41) is 2.82. The van der Waals surface area contributed by atoms with E-state index >= 15 is 0 Å². The van der Waals surface area contributed by atoms with Crippen LogP contribution in [0.25, 0.3) is 0 Å². The Kier molecular flexibility index (Phi) is 7.07. The molecule has 132 valence electrons. The molecule has 1 atom stereocenters. The van der Waals surface area contributed by atoms with Gasteiger partial charge in [-0.1, -0.05) is 36.4 Å². The molecule has 0 radical (unpaired) electrons. The summed E-state index contributed by atoms with van der Waals surface area (Å²) in [7, 11) is 0. The van der Waals surface area contributed by atoms with Gasteiger partial charge in [-0.3, -0.25) is 9.59 Å². The lowest BCUT2D eigenvalue weighted by molar-refractivity contribution is -0.146. The third-order valence-corrected chi connectivity index (χ3v) is 4.84. The van der Waals surface area contributed by atoms with E-state index < -0.39 is 5.97 Å². The fourth-order valence-corrected chi connectivity index (χ4v) is 3.03. The molecule has 0 unspecified atom stereocenters. The molecule has 0 heterocycles. The average molecular weight is 357 g/mol. The van der Waals surface area contributed by atoms with Crippen molar-refractivity contribution in [2.24, 2.45) is 0 Å². The Bertz CT molecular complexity index is 731. The molecule has 1 amide bonds. The third-order valence-electron chi connectivity index (χ3n) is 3.88. The molecule has 0 saturated carbocycles. The highest BCUT2D eigenvalue weighted by Gasteiger charge is 2.12. The maximum absolute atomic E-state index is 11.9. The summed E-state index contributed by atoms with van der Waals surface area (Å²) < 4.78 is 5.04. The minimum atomic E-state index is -0.397. The molecule has 0 saturated heterocycles. The van der Waals surface area contributed by atoms with Crippen molar-refractivity contribution >= 4 is 23.6 Å². The van der Waals surface area contributed by atoms with E-state index in [2.05, 4.69) is 5.32 Å². The van der Waals surface area contributed by atoms with Crippen LogP contribution >= 0.6 is 11.8 Å². The molecule has 2 aromatic carbocycles. The molecular weight excluding hydrogens is 334 g/mol. The second kappa shape index (κ2) is 9.28. The zero-order valence-corrected chi connectivity index (χ0v) is 15.6. The molecule has 4 nitrogen and oxygen atoms in total. The number of nitrogens with one attached hydrogen (secondary N) is 1. The molecule has 2 aromatic rings. The number of benzene rings is 2. The molecular formula is C20H23NO3S. The first-order valence-electron chi connectivity index (χ1n) is 8.15. The molecule has 1 N–H and O–H groups in total. The quantitative estimate of drug-likeness (QED) is 0.605. The molecule has 0 aliphatic rings. The van der Waals surface area contributed by atoms with Gasteiger partial charge in [0.25, 0.3) is 5.91 Å². The van der Waals surface area contributed by atoms with E-state index in [0.29, 0.717) is 0 Å². The second-order valence-corrected chi connectivity index (χ2v) is 6.94. The van der Waals surface area contributed by atoms with Crippen molar-refractivity contribution in [1.82, 2.24) is 5.32 Å². The van der Waals surface area contributed by atoms with Crippen LogP contribution in [0.5, 0.6) is 0 Å². The summed E-state index contributed by atoms with van der Waals surface area (Å²) in [5.41, 5.74) is 3.41.